The van der Waals surface area contributed by atoms with E-state index in [9.17, 15) is 9.59 Å². The van der Waals surface area contributed by atoms with Gasteiger partial charge in [-0.15, -0.1) is 0 Å². The monoisotopic (exact) mass is 482 g/mol. The average Bonchev–Trinajstić information content (AvgIpc) is 3.24. The van der Waals surface area contributed by atoms with Crippen LogP contribution in [0.15, 0.2) is 78.9 Å². The van der Waals surface area contributed by atoms with Gasteiger partial charge in [0.25, 0.3) is 5.91 Å². The van der Waals surface area contributed by atoms with Gasteiger partial charge in [-0.2, -0.15) is 5.10 Å². The molecule has 2 heterocycles. The molecule has 0 saturated heterocycles. The van der Waals surface area contributed by atoms with Crippen LogP contribution in [0.5, 0.6) is 11.5 Å². The average molecular weight is 483 g/mol. The number of methoxy groups -OCH3 is 2. The van der Waals surface area contributed by atoms with Crippen LogP contribution in [-0.4, -0.2) is 41.9 Å². The van der Waals surface area contributed by atoms with E-state index in [4.69, 9.17) is 14.6 Å². The lowest BCUT2D eigenvalue weighted by Crippen LogP contribution is -2.50. The van der Waals surface area contributed by atoms with E-state index in [-0.39, 0.29) is 11.8 Å². The van der Waals surface area contributed by atoms with Crippen molar-refractivity contribution in [1.29, 1.82) is 0 Å². The second-order valence-corrected chi connectivity index (χ2v) is 8.53. The van der Waals surface area contributed by atoms with Crippen molar-refractivity contribution in [2.45, 2.75) is 18.9 Å². The Labute approximate surface area is 208 Å². The minimum absolute atomic E-state index is 0.337. The van der Waals surface area contributed by atoms with Crippen LogP contribution in [-0.2, 0) is 4.79 Å². The van der Waals surface area contributed by atoms with Gasteiger partial charge in [-0.05, 0) is 48.9 Å². The summed E-state index contributed by atoms with van der Waals surface area (Å²) in [4.78, 5) is 26.7. The number of hydrogen-bond acceptors (Lipinski definition) is 5. The van der Waals surface area contributed by atoms with Crippen molar-refractivity contribution >= 4 is 17.6 Å². The van der Waals surface area contributed by atoms with E-state index in [1.807, 2.05) is 55.5 Å². The van der Waals surface area contributed by atoms with Crippen molar-refractivity contribution < 1.29 is 19.1 Å². The molecule has 8 nitrogen and oxygen atoms in total. The molecule has 36 heavy (non-hydrogen) atoms. The van der Waals surface area contributed by atoms with Crippen molar-refractivity contribution in [3.63, 3.8) is 0 Å². The van der Waals surface area contributed by atoms with Crippen molar-refractivity contribution in [3.8, 4) is 17.2 Å². The molecule has 3 aromatic carbocycles. The van der Waals surface area contributed by atoms with Crippen LogP contribution in [0.1, 0.15) is 33.1 Å². The smallest absolute Gasteiger partial charge is 0.251 e. The molecule has 0 radical (unpaired) electrons. The van der Waals surface area contributed by atoms with Crippen molar-refractivity contribution in [2.24, 2.45) is 0 Å². The fourth-order valence-electron chi connectivity index (χ4n) is 4.63. The molecule has 0 aliphatic carbocycles. The molecule has 2 N–H and O–H groups in total. The molecule has 0 bridgehead atoms. The van der Waals surface area contributed by atoms with Crippen LogP contribution in [0.25, 0.3) is 5.69 Å². The number of hydrogen-bond donors (Lipinski definition) is 2. The Hall–Kier alpha value is -4.59. The summed E-state index contributed by atoms with van der Waals surface area (Å²) in [6, 6.07) is 23.0. The maximum Gasteiger partial charge on any atom is 0.251 e. The first-order chi connectivity index (χ1) is 17.5. The Bertz CT molecular complexity index is 1390. The van der Waals surface area contributed by atoms with Gasteiger partial charge >= 0.3 is 0 Å². The molecule has 0 spiro atoms. The van der Waals surface area contributed by atoms with Gasteiger partial charge in [0.2, 0.25) is 5.91 Å². The highest BCUT2D eigenvalue weighted by Crippen LogP contribution is 2.42. The van der Waals surface area contributed by atoms with Gasteiger partial charge in [0.05, 0.1) is 25.6 Å². The van der Waals surface area contributed by atoms with Crippen molar-refractivity contribution in [1.82, 2.24) is 15.1 Å². The molecule has 4 aromatic rings. The summed E-state index contributed by atoms with van der Waals surface area (Å²) in [5, 5.41) is 10.7. The highest BCUT2D eigenvalue weighted by atomic mass is 16.5. The van der Waals surface area contributed by atoms with Crippen LogP contribution >= 0.6 is 0 Å². The Balaban J connectivity index is 1.67. The van der Waals surface area contributed by atoms with E-state index in [2.05, 4.69) is 10.6 Å². The number of nitrogens with one attached hydrogen (secondary N) is 2. The van der Waals surface area contributed by atoms with E-state index in [1.165, 1.54) is 0 Å². The molecule has 0 unspecified atom stereocenters. The second-order valence-electron chi connectivity index (χ2n) is 8.53. The first-order valence-corrected chi connectivity index (χ1v) is 11.5. The van der Waals surface area contributed by atoms with E-state index < -0.39 is 12.0 Å². The number of nitrogens with zero attached hydrogens (tertiary/aromatic N) is 2. The fraction of sp³-hybridized carbons (Fsp3) is 0.179. The number of ether oxygens (including phenoxy) is 2. The number of anilines is 1. The summed E-state index contributed by atoms with van der Waals surface area (Å²) in [6.45, 7) is 1.90. The zero-order valence-corrected chi connectivity index (χ0v) is 20.2. The van der Waals surface area contributed by atoms with Gasteiger partial charge in [-0.1, -0.05) is 36.4 Å². The number of benzene rings is 3. The molecule has 182 valence electrons. The molecule has 0 saturated carbocycles. The summed E-state index contributed by atoms with van der Waals surface area (Å²) in [5.74, 6) is 0.516. The van der Waals surface area contributed by atoms with E-state index in [0.29, 0.717) is 22.9 Å². The molecule has 1 aliphatic heterocycles. The summed E-state index contributed by atoms with van der Waals surface area (Å²) in [7, 11) is 3.15. The maximum atomic E-state index is 13.6. The zero-order chi connectivity index (χ0) is 25.2. The van der Waals surface area contributed by atoms with Crippen molar-refractivity contribution in [2.75, 3.05) is 19.5 Å². The highest BCUT2D eigenvalue weighted by molar-refractivity contribution is 6.04. The lowest BCUT2D eigenvalue weighted by Gasteiger charge is -2.33. The lowest BCUT2D eigenvalue weighted by molar-refractivity contribution is -0.118. The minimum atomic E-state index is -0.894. The van der Waals surface area contributed by atoms with Crippen LogP contribution in [0.3, 0.4) is 0 Å². The molecular weight excluding hydrogens is 456 g/mol. The van der Waals surface area contributed by atoms with Crippen LogP contribution < -0.4 is 20.1 Å². The Morgan fingerprint density at radius 2 is 1.56 bits per heavy atom. The highest BCUT2D eigenvalue weighted by Gasteiger charge is 2.42. The Morgan fingerprint density at radius 3 is 2.17 bits per heavy atom. The summed E-state index contributed by atoms with van der Waals surface area (Å²) in [6.07, 6.45) is 0. The lowest BCUT2D eigenvalue weighted by atomic mass is 9.81. The van der Waals surface area contributed by atoms with E-state index >= 15 is 0 Å². The second kappa shape index (κ2) is 9.58. The third-order valence-corrected chi connectivity index (χ3v) is 6.33. The summed E-state index contributed by atoms with van der Waals surface area (Å²) in [5.41, 5.74) is 3.59. The Kier molecular flexibility index (Phi) is 6.16. The number of aryl methyl sites for hydroxylation is 1. The summed E-state index contributed by atoms with van der Waals surface area (Å²) >= 11 is 0. The van der Waals surface area contributed by atoms with Gasteiger partial charge in [0, 0.05) is 23.1 Å². The SMILES string of the molecule is COc1cc(OC)cc([C@H]2c3c(C)nn(-c4ccccc4)c3NC(=O)[C@H]2NC(=O)c2ccccc2)c1. The van der Waals surface area contributed by atoms with Gasteiger partial charge in [-0.25, -0.2) is 4.68 Å². The van der Waals surface area contributed by atoms with Gasteiger partial charge < -0.3 is 20.1 Å². The van der Waals surface area contributed by atoms with Crippen LogP contribution in [0.4, 0.5) is 5.82 Å². The van der Waals surface area contributed by atoms with Crippen LogP contribution in [0.2, 0.25) is 0 Å². The first-order valence-electron chi connectivity index (χ1n) is 11.5. The molecule has 1 aromatic heterocycles. The maximum absolute atomic E-state index is 13.6. The van der Waals surface area contributed by atoms with E-state index in [0.717, 1.165) is 22.5 Å². The van der Waals surface area contributed by atoms with Gasteiger partial charge in [-0.3, -0.25) is 9.59 Å². The minimum Gasteiger partial charge on any atom is -0.497 e. The summed E-state index contributed by atoms with van der Waals surface area (Å²) < 4.78 is 12.7. The quantitative estimate of drug-likeness (QED) is 0.432. The first kappa shape index (κ1) is 23.2. The van der Waals surface area contributed by atoms with Gasteiger partial charge in [0.1, 0.15) is 23.4 Å². The van der Waals surface area contributed by atoms with Gasteiger partial charge in [0.15, 0.2) is 0 Å². The molecule has 5 rings (SSSR count). The fourth-order valence-corrected chi connectivity index (χ4v) is 4.63. The Morgan fingerprint density at radius 1 is 0.944 bits per heavy atom. The molecule has 2 amide bonds. The molecule has 0 fully saturated rings. The standard InChI is InChI=1S/C28H26N4O4/c1-17-23-24(19-14-21(35-2)16-22(15-19)36-3)25(29-27(33)18-10-6-4-7-11-18)28(34)30-26(23)32(31-17)20-12-8-5-9-13-20/h4-16,24-25H,1-3H3,(H,29,33)(H,30,34)/t24-,25-/m0/s1. The molecule has 2 atom stereocenters. The number of para-hydroxylation sites is 1. The zero-order valence-electron chi connectivity index (χ0n) is 20.2. The number of aromatic nitrogens is 2. The number of carbonyl (C=O) groups is 2. The number of rotatable bonds is 6. The third kappa shape index (κ3) is 4.17. The topological polar surface area (TPSA) is 94.5 Å². The number of fused-ring (bicyclic) bond motifs is 1. The predicted molar refractivity (Wildman–Crippen MR) is 136 cm³/mol. The van der Waals surface area contributed by atoms with Crippen LogP contribution in [0, 0.1) is 6.92 Å². The molecular formula is C28H26N4O4. The normalized spacial score (nSPS) is 16.6. The number of amides is 2. The molecule has 1 aliphatic rings. The van der Waals surface area contributed by atoms with E-state index in [1.54, 1.807) is 49.2 Å². The third-order valence-electron chi connectivity index (χ3n) is 6.33. The van der Waals surface area contributed by atoms with Crippen molar-refractivity contribution in [3.05, 3.63) is 101 Å². The molecule has 8 heteroatoms. The predicted octanol–water partition coefficient (Wildman–Crippen LogP) is 4.08. The largest absolute Gasteiger partial charge is 0.497 e. The number of carbonyl (C=O) groups excluding carboxylic acids is 2.